The summed E-state index contributed by atoms with van der Waals surface area (Å²) < 4.78 is 23.1. The molecule has 0 unspecified atom stereocenters. The molecule has 1 aromatic heterocycles. The van der Waals surface area contributed by atoms with Gasteiger partial charge < -0.3 is 39.1 Å². The van der Waals surface area contributed by atoms with E-state index in [9.17, 15) is 24.6 Å². The number of hydrogen-bond donors (Lipinski definition) is 3. The first kappa shape index (κ1) is 27.8. The number of rotatable bonds is 10. The van der Waals surface area contributed by atoms with E-state index >= 15 is 0 Å². The molecule has 2 amide bonds. The Bertz CT molecular complexity index is 1570. The molecule has 11 heteroatoms. The molecule has 0 radical (unpaired) electrons. The summed E-state index contributed by atoms with van der Waals surface area (Å²) in [5.41, 5.74) is 1.54. The van der Waals surface area contributed by atoms with Crippen molar-refractivity contribution in [3.05, 3.63) is 64.9 Å². The van der Waals surface area contributed by atoms with Gasteiger partial charge in [-0.25, -0.2) is 0 Å². The topological polar surface area (TPSA) is 148 Å². The number of carbonyl (C=O) groups is 3. The van der Waals surface area contributed by atoms with Crippen molar-refractivity contribution in [2.24, 2.45) is 5.92 Å². The van der Waals surface area contributed by atoms with Crippen LogP contribution in [0.15, 0.2) is 52.5 Å². The average molecular weight is 577 g/mol. The molecule has 3 aromatic rings. The molecule has 1 saturated carbocycles. The van der Waals surface area contributed by atoms with Crippen molar-refractivity contribution >= 4 is 29.1 Å². The number of para-hydroxylation sites is 1. The van der Waals surface area contributed by atoms with E-state index in [-0.39, 0.29) is 30.4 Å². The molecule has 0 saturated heterocycles. The number of amides is 2. The smallest absolute Gasteiger partial charge is 0.290 e. The summed E-state index contributed by atoms with van der Waals surface area (Å²) in [5.74, 6) is -0.225. The number of benzene rings is 2. The molecule has 2 aromatic carbocycles. The minimum Gasteiger partial charge on any atom is -0.493 e. The van der Waals surface area contributed by atoms with Crippen molar-refractivity contribution in [3.63, 3.8) is 0 Å². The van der Waals surface area contributed by atoms with Crippen LogP contribution in [0.25, 0.3) is 11.0 Å². The second-order valence-electron chi connectivity index (χ2n) is 10.8. The highest BCUT2D eigenvalue weighted by atomic mass is 16.5. The average Bonchev–Trinajstić information content (AvgIpc) is 3.58. The van der Waals surface area contributed by atoms with Gasteiger partial charge in [0, 0.05) is 35.2 Å². The Morgan fingerprint density at radius 1 is 1.14 bits per heavy atom. The number of ether oxygens (including phenoxy) is 3. The van der Waals surface area contributed by atoms with Crippen molar-refractivity contribution in [1.82, 2.24) is 10.2 Å². The third kappa shape index (κ3) is 4.78. The standard InChI is InChI=1S/C31H32N2O9/c1-39-22-5-3-4-18-12-24(41-27(18)22)31(38)33(14-16-6-7-16)21-13-20(30(37)32-8-9-34)25-19-10-17(15-35)11-23(40-2)28(19)42-29(25)26(21)36/h3-5,10-13,15-16,21,25-26,29,34,36H,6-9,14H2,1-2H3,(H,32,37)/t21-,25+,26+,29+/m1/s1. The molecule has 0 spiro atoms. The van der Waals surface area contributed by atoms with Crippen LogP contribution in [-0.4, -0.2) is 85.4 Å². The van der Waals surface area contributed by atoms with Gasteiger partial charge in [-0.3, -0.25) is 14.4 Å². The van der Waals surface area contributed by atoms with Crippen molar-refractivity contribution in [2.45, 2.75) is 37.0 Å². The summed E-state index contributed by atoms with van der Waals surface area (Å²) in [6, 6.07) is 9.22. The molecule has 0 bridgehead atoms. The minimum atomic E-state index is -1.23. The van der Waals surface area contributed by atoms with Crippen molar-refractivity contribution in [2.75, 3.05) is 33.9 Å². The highest BCUT2D eigenvalue weighted by Crippen LogP contribution is 2.51. The third-order valence-corrected chi connectivity index (χ3v) is 8.12. The van der Waals surface area contributed by atoms with Crippen LogP contribution in [0.1, 0.15) is 45.2 Å². The van der Waals surface area contributed by atoms with Crippen molar-refractivity contribution in [3.8, 4) is 17.2 Å². The van der Waals surface area contributed by atoms with Gasteiger partial charge in [0.2, 0.25) is 5.91 Å². The minimum absolute atomic E-state index is 0.0116. The molecule has 42 heavy (non-hydrogen) atoms. The van der Waals surface area contributed by atoms with E-state index in [2.05, 4.69) is 5.32 Å². The first-order valence-corrected chi connectivity index (χ1v) is 13.9. The van der Waals surface area contributed by atoms with Crippen LogP contribution in [0.2, 0.25) is 0 Å². The maximum Gasteiger partial charge on any atom is 0.290 e. The van der Waals surface area contributed by atoms with Crippen LogP contribution >= 0.6 is 0 Å². The van der Waals surface area contributed by atoms with E-state index < -0.39 is 36.0 Å². The van der Waals surface area contributed by atoms with Gasteiger partial charge in [-0.1, -0.05) is 12.1 Å². The lowest BCUT2D eigenvalue weighted by Gasteiger charge is -2.40. The molecule has 11 nitrogen and oxygen atoms in total. The maximum absolute atomic E-state index is 14.1. The Hall–Kier alpha value is -4.35. The van der Waals surface area contributed by atoms with Gasteiger partial charge >= 0.3 is 0 Å². The fraction of sp³-hybridized carbons (Fsp3) is 0.387. The molecule has 2 aliphatic carbocycles. The summed E-state index contributed by atoms with van der Waals surface area (Å²) in [4.78, 5) is 40.8. The zero-order valence-electron chi connectivity index (χ0n) is 23.2. The molecule has 4 atom stereocenters. The summed E-state index contributed by atoms with van der Waals surface area (Å²) in [7, 11) is 2.96. The normalized spacial score (nSPS) is 22.4. The number of nitrogens with zero attached hydrogens (tertiary/aromatic N) is 1. The Morgan fingerprint density at radius 3 is 2.62 bits per heavy atom. The lowest BCUT2D eigenvalue weighted by Crippen LogP contribution is -2.56. The van der Waals surface area contributed by atoms with Crippen molar-refractivity contribution < 1.29 is 43.2 Å². The van der Waals surface area contributed by atoms with E-state index in [1.165, 1.54) is 20.3 Å². The number of aliphatic hydroxyl groups excluding tert-OH is 2. The summed E-state index contributed by atoms with van der Waals surface area (Å²) in [6.07, 6.45) is 1.96. The molecule has 220 valence electrons. The second kappa shape index (κ2) is 11.1. The highest BCUT2D eigenvalue weighted by molar-refractivity contribution is 5.99. The van der Waals surface area contributed by atoms with Gasteiger partial charge in [0.05, 0.1) is 32.8 Å². The van der Waals surface area contributed by atoms with E-state index in [1.54, 1.807) is 35.2 Å². The summed E-state index contributed by atoms with van der Waals surface area (Å²) in [5, 5.41) is 24.5. The first-order valence-electron chi connectivity index (χ1n) is 13.9. The van der Waals surface area contributed by atoms with Crippen LogP contribution in [0.3, 0.4) is 0 Å². The van der Waals surface area contributed by atoms with E-state index in [0.29, 0.717) is 52.2 Å². The fourth-order valence-electron chi connectivity index (χ4n) is 5.92. The molecule has 3 aliphatic rings. The SMILES string of the molecule is COc1cc(C=O)cc2c1O[C@@H]1[C@@H](O)[C@H](N(CC3CC3)C(=O)c3cc4cccc(OC)c4o3)C=C(C(=O)NCCO)[C@H]21. The molecule has 1 aliphatic heterocycles. The van der Waals surface area contributed by atoms with Gasteiger partial charge in [0.1, 0.15) is 18.5 Å². The monoisotopic (exact) mass is 576 g/mol. The number of methoxy groups -OCH3 is 2. The fourth-order valence-corrected chi connectivity index (χ4v) is 5.92. The number of hydrogen-bond acceptors (Lipinski definition) is 9. The second-order valence-corrected chi connectivity index (χ2v) is 10.8. The van der Waals surface area contributed by atoms with Crippen LogP contribution < -0.4 is 19.5 Å². The summed E-state index contributed by atoms with van der Waals surface area (Å²) in [6.45, 7) is 0.0919. The predicted molar refractivity (Wildman–Crippen MR) is 150 cm³/mol. The Labute approximate surface area is 241 Å². The number of fused-ring (bicyclic) bond motifs is 4. The lowest BCUT2D eigenvalue weighted by atomic mass is 9.77. The maximum atomic E-state index is 14.1. The number of nitrogens with one attached hydrogen (secondary N) is 1. The van der Waals surface area contributed by atoms with Crippen LogP contribution in [0.4, 0.5) is 0 Å². The first-order chi connectivity index (χ1) is 20.4. The van der Waals surface area contributed by atoms with Gasteiger partial charge in [0.25, 0.3) is 5.91 Å². The number of carbonyl (C=O) groups excluding carboxylic acids is 3. The van der Waals surface area contributed by atoms with Crippen LogP contribution in [0, 0.1) is 5.92 Å². The third-order valence-electron chi connectivity index (χ3n) is 8.12. The molecule has 6 rings (SSSR count). The van der Waals surface area contributed by atoms with Crippen LogP contribution in [0.5, 0.6) is 17.2 Å². The zero-order chi connectivity index (χ0) is 29.5. The molecule has 2 heterocycles. The number of aliphatic hydroxyl groups is 2. The van der Waals surface area contributed by atoms with Gasteiger partial charge in [0.15, 0.2) is 28.6 Å². The van der Waals surface area contributed by atoms with E-state index in [1.807, 2.05) is 6.07 Å². The quantitative estimate of drug-likeness (QED) is 0.310. The van der Waals surface area contributed by atoms with E-state index in [0.717, 1.165) is 12.8 Å². The largest absolute Gasteiger partial charge is 0.493 e. The van der Waals surface area contributed by atoms with Crippen LogP contribution in [-0.2, 0) is 4.79 Å². The Kier molecular flexibility index (Phi) is 7.38. The van der Waals surface area contributed by atoms with E-state index in [4.69, 9.17) is 18.6 Å². The molecular weight excluding hydrogens is 544 g/mol. The molecule has 3 N–H and O–H groups in total. The van der Waals surface area contributed by atoms with Gasteiger partial charge in [-0.15, -0.1) is 0 Å². The highest BCUT2D eigenvalue weighted by Gasteiger charge is 2.52. The van der Waals surface area contributed by atoms with Gasteiger partial charge in [-0.2, -0.15) is 0 Å². The number of furan rings is 1. The number of aldehydes is 1. The lowest BCUT2D eigenvalue weighted by molar-refractivity contribution is -0.118. The van der Waals surface area contributed by atoms with Crippen molar-refractivity contribution in [1.29, 1.82) is 0 Å². The molecular formula is C31H32N2O9. The Balaban J connectivity index is 1.44. The predicted octanol–water partition coefficient (Wildman–Crippen LogP) is 2.44. The zero-order valence-corrected chi connectivity index (χ0v) is 23.2. The molecule has 1 fully saturated rings. The summed E-state index contributed by atoms with van der Waals surface area (Å²) >= 11 is 0. The Morgan fingerprint density at radius 2 is 1.93 bits per heavy atom. The van der Waals surface area contributed by atoms with Gasteiger partial charge in [-0.05, 0) is 49.1 Å².